The number of ether oxygens (including phenoxy) is 1. The number of nitrogens with zero attached hydrogens (tertiary/aromatic N) is 4. The molecule has 0 N–H and O–H groups in total. The van der Waals surface area contributed by atoms with E-state index in [1.54, 1.807) is 54.6 Å². The van der Waals surface area contributed by atoms with Gasteiger partial charge in [-0.1, -0.05) is 30.3 Å². The molecule has 0 aromatic heterocycles. The average Bonchev–Trinajstić information content (AvgIpc) is 3.53. The number of hydroxylamine groups is 1. The molecule has 0 bridgehead atoms. The number of nitro benzene ring substituents is 2. The minimum atomic E-state index is -1.24. The number of amides is 2. The van der Waals surface area contributed by atoms with Gasteiger partial charge >= 0.3 is 5.97 Å². The Bertz CT molecular complexity index is 1740. The number of carbonyl (C=O) groups is 3. The van der Waals surface area contributed by atoms with Crippen molar-refractivity contribution < 1.29 is 33.8 Å². The van der Waals surface area contributed by atoms with Crippen molar-refractivity contribution in [3.8, 4) is 5.75 Å². The van der Waals surface area contributed by atoms with Crippen LogP contribution in [0.15, 0.2) is 103 Å². The lowest BCUT2D eigenvalue weighted by molar-refractivity contribution is -0.385. The van der Waals surface area contributed by atoms with Gasteiger partial charge in [0.2, 0.25) is 5.91 Å². The number of imide groups is 1. The maximum absolute atomic E-state index is 13.8. The van der Waals surface area contributed by atoms with Crippen molar-refractivity contribution in [1.29, 1.82) is 0 Å². The predicted molar refractivity (Wildman–Crippen MR) is 150 cm³/mol. The highest BCUT2D eigenvalue weighted by Gasteiger charge is 2.60. The number of rotatable bonds is 7. The van der Waals surface area contributed by atoms with E-state index in [1.165, 1.54) is 53.6 Å². The summed E-state index contributed by atoms with van der Waals surface area (Å²) < 4.78 is 5.47. The van der Waals surface area contributed by atoms with Gasteiger partial charge in [-0.05, 0) is 54.1 Å². The summed E-state index contributed by atoms with van der Waals surface area (Å²) in [5.74, 6) is -2.59. The molecule has 0 unspecified atom stereocenters. The van der Waals surface area contributed by atoms with Crippen LogP contribution in [0.1, 0.15) is 22.0 Å². The van der Waals surface area contributed by atoms with Gasteiger partial charge in [0, 0.05) is 24.3 Å². The van der Waals surface area contributed by atoms with Crippen LogP contribution >= 0.6 is 0 Å². The fourth-order valence-electron chi connectivity index (χ4n) is 5.15. The zero-order valence-corrected chi connectivity index (χ0v) is 22.0. The van der Waals surface area contributed by atoms with Crippen LogP contribution in [-0.2, 0) is 14.4 Å². The van der Waals surface area contributed by atoms with Crippen LogP contribution in [0, 0.1) is 26.1 Å². The molecule has 0 radical (unpaired) electrons. The maximum atomic E-state index is 13.8. The zero-order valence-electron chi connectivity index (χ0n) is 22.0. The van der Waals surface area contributed by atoms with Gasteiger partial charge in [0.1, 0.15) is 11.7 Å². The molecule has 3 atom stereocenters. The van der Waals surface area contributed by atoms with Gasteiger partial charge in [-0.2, -0.15) is 0 Å². The molecule has 2 saturated heterocycles. The van der Waals surface area contributed by atoms with E-state index >= 15 is 0 Å². The lowest BCUT2D eigenvalue weighted by Crippen LogP contribution is -2.37. The first kappa shape index (κ1) is 27.2. The Morgan fingerprint density at radius 1 is 0.721 bits per heavy atom. The van der Waals surface area contributed by atoms with E-state index in [9.17, 15) is 34.6 Å². The van der Waals surface area contributed by atoms with Crippen LogP contribution in [0.4, 0.5) is 22.7 Å². The molecule has 2 heterocycles. The lowest BCUT2D eigenvalue weighted by atomic mass is 9.90. The first-order valence-electron chi connectivity index (χ1n) is 12.9. The number of esters is 1. The molecular weight excluding hydrogens is 560 g/mol. The third-order valence-corrected chi connectivity index (χ3v) is 7.19. The first-order chi connectivity index (χ1) is 20.7. The van der Waals surface area contributed by atoms with Crippen molar-refractivity contribution in [1.82, 2.24) is 0 Å². The van der Waals surface area contributed by atoms with Gasteiger partial charge in [-0.15, -0.1) is 0 Å². The Balaban J connectivity index is 1.33. The van der Waals surface area contributed by atoms with Gasteiger partial charge in [0.25, 0.3) is 17.3 Å². The Hall–Kier alpha value is -5.95. The third kappa shape index (κ3) is 4.93. The Labute approximate surface area is 242 Å². The van der Waals surface area contributed by atoms with Crippen molar-refractivity contribution in [2.75, 3.05) is 9.96 Å². The van der Waals surface area contributed by atoms with E-state index in [-0.39, 0.29) is 22.8 Å². The quantitative estimate of drug-likeness (QED) is 0.0978. The molecule has 2 amide bonds. The summed E-state index contributed by atoms with van der Waals surface area (Å²) in [4.78, 5) is 67.9. The molecule has 0 aliphatic carbocycles. The van der Waals surface area contributed by atoms with Crippen molar-refractivity contribution in [2.45, 2.75) is 12.1 Å². The summed E-state index contributed by atoms with van der Waals surface area (Å²) in [7, 11) is 0. The monoisotopic (exact) mass is 580 g/mol. The summed E-state index contributed by atoms with van der Waals surface area (Å²) >= 11 is 0. The van der Waals surface area contributed by atoms with Gasteiger partial charge in [-0.25, -0.2) is 14.8 Å². The minimum absolute atomic E-state index is 0.152. The van der Waals surface area contributed by atoms with Crippen LogP contribution < -0.4 is 14.7 Å². The standard InChI is InChI=1S/C30H20N4O9/c35-28-25-26(18-6-16-24(17-7-18)42-30(37)19-4-2-1-3-5-19)32(21-10-14-23(15-11-21)34(40)41)43-27(25)29(36)31(28)20-8-12-22(13-9-20)33(38)39/h1-17,25-27H/t25-,26-,27-/m0/s1. The second-order valence-corrected chi connectivity index (χ2v) is 9.71. The lowest BCUT2D eigenvalue weighted by Gasteiger charge is -2.28. The topological polar surface area (TPSA) is 162 Å². The third-order valence-electron chi connectivity index (χ3n) is 7.19. The van der Waals surface area contributed by atoms with Crippen LogP contribution in [0.25, 0.3) is 0 Å². The van der Waals surface area contributed by atoms with Crippen molar-refractivity contribution in [3.05, 3.63) is 134 Å². The Morgan fingerprint density at radius 2 is 1.28 bits per heavy atom. The molecule has 0 saturated carbocycles. The SMILES string of the molecule is O=C(Oc1ccc([C@H]2[C@@H]3C(=O)N(c4ccc([N+](=O)[O-])cc4)C(=O)[C@H]3ON2c2ccc([N+](=O)[O-])cc2)cc1)c1ccccc1. The second-order valence-electron chi connectivity index (χ2n) is 9.71. The summed E-state index contributed by atoms with van der Waals surface area (Å²) in [6, 6.07) is 24.4. The smallest absolute Gasteiger partial charge is 0.343 e. The van der Waals surface area contributed by atoms with Gasteiger partial charge in [0.15, 0.2) is 6.10 Å². The number of hydrogen-bond donors (Lipinski definition) is 0. The van der Waals surface area contributed by atoms with Crippen LogP contribution in [0.3, 0.4) is 0 Å². The van der Waals surface area contributed by atoms with E-state index in [0.29, 0.717) is 16.8 Å². The first-order valence-corrected chi connectivity index (χ1v) is 12.9. The second kappa shape index (κ2) is 10.8. The molecular formula is C30H20N4O9. The zero-order chi connectivity index (χ0) is 30.2. The fraction of sp³-hybridized carbons (Fsp3) is 0.100. The summed E-state index contributed by atoms with van der Waals surface area (Å²) in [6.07, 6.45) is -1.24. The van der Waals surface area contributed by atoms with Crippen LogP contribution in [0.5, 0.6) is 5.75 Å². The maximum Gasteiger partial charge on any atom is 0.343 e. The van der Waals surface area contributed by atoms with Crippen molar-refractivity contribution in [3.63, 3.8) is 0 Å². The van der Waals surface area contributed by atoms with E-state index < -0.39 is 45.7 Å². The number of benzene rings is 4. The van der Waals surface area contributed by atoms with Gasteiger partial charge in [0.05, 0.1) is 32.8 Å². The number of anilines is 2. The number of nitro groups is 2. The van der Waals surface area contributed by atoms with E-state index in [1.807, 2.05) is 0 Å². The van der Waals surface area contributed by atoms with E-state index in [4.69, 9.17) is 9.57 Å². The normalized spacial score (nSPS) is 19.3. The molecule has 2 aliphatic rings. The minimum Gasteiger partial charge on any atom is -0.423 e. The predicted octanol–water partition coefficient (Wildman–Crippen LogP) is 4.77. The van der Waals surface area contributed by atoms with Crippen molar-refractivity contribution >= 4 is 40.5 Å². The fourth-order valence-corrected chi connectivity index (χ4v) is 5.15. The molecule has 2 aliphatic heterocycles. The highest BCUT2D eigenvalue weighted by molar-refractivity contribution is 6.24. The molecule has 0 spiro atoms. The largest absolute Gasteiger partial charge is 0.423 e. The van der Waals surface area contributed by atoms with Gasteiger partial charge < -0.3 is 4.74 Å². The van der Waals surface area contributed by atoms with E-state index in [0.717, 1.165) is 4.90 Å². The Kier molecular flexibility index (Phi) is 6.84. The molecule has 13 heteroatoms. The van der Waals surface area contributed by atoms with Crippen molar-refractivity contribution in [2.24, 2.45) is 5.92 Å². The number of fused-ring (bicyclic) bond motifs is 1. The number of hydrogen-bond acceptors (Lipinski definition) is 10. The average molecular weight is 581 g/mol. The molecule has 4 aromatic rings. The molecule has 13 nitrogen and oxygen atoms in total. The molecule has 43 heavy (non-hydrogen) atoms. The summed E-state index contributed by atoms with van der Waals surface area (Å²) in [5, 5.41) is 23.6. The highest BCUT2D eigenvalue weighted by atomic mass is 16.7. The summed E-state index contributed by atoms with van der Waals surface area (Å²) in [6.45, 7) is 0. The Morgan fingerprint density at radius 3 is 1.84 bits per heavy atom. The van der Waals surface area contributed by atoms with Crippen LogP contribution in [-0.4, -0.2) is 33.7 Å². The van der Waals surface area contributed by atoms with Gasteiger partial charge in [-0.3, -0.25) is 34.7 Å². The number of carbonyl (C=O) groups excluding carboxylic acids is 3. The molecule has 214 valence electrons. The molecule has 4 aromatic carbocycles. The van der Waals surface area contributed by atoms with Crippen LogP contribution in [0.2, 0.25) is 0 Å². The number of non-ortho nitro benzene ring substituents is 2. The molecule has 6 rings (SSSR count). The highest BCUT2D eigenvalue weighted by Crippen LogP contribution is 2.48. The van der Waals surface area contributed by atoms with E-state index in [2.05, 4.69) is 0 Å². The molecule has 2 fully saturated rings. The summed E-state index contributed by atoms with van der Waals surface area (Å²) in [5.41, 5.74) is 1.08.